The Hall–Kier alpha value is -1.91. The molecule has 0 aliphatic carbocycles. The highest BCUT2D eigenvalue weighted by Gasteiger charge is 2.03. The summed E-state index contributed by atoms with van der Waals surface area (Å²) in [6.45, 7) is 0.537. The van der Waals surface area contributed by atoms with Crippen molar-refractivity contribution in [3.05, 3.63) is 36.5 Å². The average molecular weight is 234 g/mol. The molecule has 1 radical (unpaired) electrons. The van der Waals surface area contributed by atoms with Crippen LogP contribution in [0.4, 0.5) is 0 Å². The molecule has 0 unspecified atom stereocenters. The molecule has 0 saturated heterocycles. The third kappa shape index (κ3) is 6.29. The molecular formula is C12H16N3O2. The van der Waals surface area contributed by atoms with E-state index in [2.05, 4.69) is 10.3 Å². The molecule has 0 bridgehead atoms. The van der Waals surface area contributed by atoms with E-state index in [9.17, 15) is 9.59 Å². The van der Waals surface area contributed by atoms with E-state index in [4.69, 9.17) is 5.73 Å². The van der Waals surface area contributed by atoms with Crippen LogP contribution in [0.15, 0.2) is 24.4 Å². The Bertz CT molecular complexity index is 365. The zero-order valence-corrected chi connectivity index (χ0v) is 9.56. The van der Waals surface area contributed by atoms with E-state index in [0.717, 1.165) is 6.42 Å². The van der Waals surface area contributed by atoms with Crippen LogP contribution in [-0.4, -0.2) is 23.3 Å². The number of carbonyl (C=O) groups excluding carboxylic acids is 2. The number of nitrogens with zero attached hydrogens (tertiary/aromatic N) is 1. The predicted octanol–water partition coefficient (Wildman–Crippen LogP) is 0.406. The molecule has 0 saturated carbocycles. The summed E-state index contributed by atoms with van der Waals surface area (Å²) >= 11 is 0. The lowest BCUT2D eigenvalue weighted by Gasteiger charge is -2.03. The van der Waals surface area contributed by atoms with Crippen LogP contribution in [0, 0.1) is 6.42 Å². The molecule has 17 heavy (non-hydrogen) atoms. The van der Waals surface area contributed by atoms with Gasteiger partial charge in [0.1, 0.15) is 0 Å². The van der Waals surface area contributed by atoms with Crippen LogP contribution >= 0.6 is 0 Å². The van der Waals surface area contributed by atoms with Gasteiger partial charge in [-0.25, -0.2) is 0 Å². The van der Waals surface area contributed by atoms with Crippen LogP contribution in [0.1, 0.15) is 25.0 Å². The first-order valence-electron chi connectivity index (χ1n) is 5.50. The second-order valence-electron chi connectivity index (χ2n) is 3.61. The topological polar surface area (TPSA) is 85.1 Å². The Labute approximate surface area is 100 Å². The number of nitrogens with one attached hydrogen (secondary N) is 1. The van der Waals surface area contributed by atoms with Crippen LogP contribution < -0.4 is 11.1 Å². The highest BCUT2D eigenvalue weighted by Crippen LogP contribution is 1.97. The highest BCUT2D eigenvalue weighted by atomic mass is 16.1. The quantitative estimate of drug-likeness (QED) is 0.670. The largest absolute Gasteiger partial charge is 0.370 e. The summed E-state index contributed by atoms with van der Waals surface area (Å²) in [5, 5.41) is 2.72. The van der Waals surface area contributed by atoms with Crippen LogP contribution in [0.25, 0.3) is 0 Å². The van der Waals surface area contributed by atoms with Gasteiger partial charge in [0.05, 0.1) is 12.1 Å². The molecule has 0 spiro atoms. The van der Waals surface area contributed by atoms with Crippen LogP contribution in [-0.2, 0) is 9.59 Å². The van der Waals surface area contributed by atoms with Crippen molar-refractivity contribution in [2.45, 2.75) is 19.3 Å². The lowest BCUT2D eigenvalue weighted by atomic mass is 10.2. The Morgan fingerprint density at radius 3 is 2.82 bits per heavy atom. The minimum atomic E-state index is -0.309. The van der Waals surface area contributed by atoms with Crippen molar-refractivity contribution >= 4 is 11.8 Å². The molecule has 5 heteroatoms. The van der Waals surface area contributed by atoms with Gasteiger partial charge in [-0.2, -0.15) is 0 Å². The number of nitrogens with two attached hydrogens (primary N) is 1. The van der Waals surface area contributed by atoms with E-state index in [1.54, 1.807) is 18.3 Å². The van der Waals surface area contributed by atoms with E-state index >= 15 is 0 Å². The van der Waals surface area contributed by atoms with Crippen molar-refractivity contribution < 1.29 is 9.59 Å². The maximum absolute atomic E-state index is 11.4. The molecule has 1 aromatic rings. The van der Waals surface area contributed by atoms with Gasteiger partial charge in [-0.3, -0.25) is 14.6 Å². The average Bonchev–Trinajstić information content (AvgIpc) is 2.29. The number of hydrogen-bond donors (Lipinski definition) is 2. The number of hydrogen-bond acceptors (Lipinski definition) is 3. The number of unbranched alkanes of at least 4 members (excludes halogenated alkanes) is 1. The first-order valence-corrected chi connectivity index (χ1v) is 5.50. The third-order valence-corrected chi connectivity index (χ3v) is 2.12. The normalized spacial score (nSPS) is 9.88. The first kappa shape index (κ1) is 13.2. The summed E-state index contributed by atoms with van der Waals surface area (Å²) in [5.74, 6) is -0.487. The molecule has 3 N–H and O–H groups in total. The predicted molar refractivity (Wildman–Crippen MR) is 63.7 cm³/mol. The van der Waals surface area contributed by atoms with Gasteiger partial charge in [0, 0.05) is 19.2 Å². The Morgan fingerprint density at radius 1 is 1.35 bits per heavy atom. The number of pyridine rings is 1. The third-order valence-electron chi connectivity index (χ3n) is 2.12. The van der Waals surface area contributed by atoms with Crippen molar-refractivity contribution in [3.8, 4) is 0 Å². The Balaban J connectivity index is 2.12. The number of rotatable bonds is 7. The summed E-state index contributed by atoms with van der Waals surface area (Å²) < 4.78 is 0. The molecule has 5 nitrogen and oxygen atoms in total. The van der Waals surface area contributed by atoms with Gasteiger partial charge in [-0.15, -0.1) is 0 Å². The summed E-state index contributed by atoms with van der Waals surface area (Å²) in [5.41, 5.74) is 5.62. The van der Waals surface area contributed by atoms with Gasteiger partial charge >= 0.3 is 0 Å². The molecule has 1 aromatic heterocycles. The van der Waals surface area contributed by atoms with E-state index in [0.29, 0.717) is 25.1 Å². The van der Waals surface area contributed by atoms with Crippen molar-refractivity contribution in [3.63, 3.8) is 0 Å². The van der Waals surface area contributed by atoms with Gasteiger partial charge < -0.3 is 11.1 Å². The SMILES string of the molecule is NC(=O)CCCCNC(=O)[CH]c1ccccn1. The molecule has 0 atom stereocenters. The fraction of sp³-hybridized carbons (Fsp3) is 0.333. The van der Waals surface area contributed by atoms with Crippen LogP contribution in [0.5, 0.6) is 0 Å². The minimum absolute atomic E-state index is 0.178. The van der Waals surface area contributed by atoms with E-state index in [-0.39, 0.29) is 11.8 Å². The second kappa shape index (κ2) is 7.38. The fourth-order valence-electron chi connectivity index (χ4n) is 1.28. The minimum Gasteiger partial charge on any atom is -0.370 e. The zero-order chi connectivity index (χ0) is 12.5. The Morgan fingerprint density at radius 2 is 2.18 bits per heavy atom. The summed E-state index contributed by atoms with van der Waals surface area (Å²) in [6, 6.07) is 5.37. The van der Waals surface area contributed by atoms with Gasteiger partial charge in [-0.1, -0.05) is 6.07 Å². The van der Waals surface area contributed by atoms with Gasteiger partial charge in [-0.05, 0) is 25.0 Å². The smallest absolute Gasteiger partial charge is 0.230 e. The van der Waals surface area contributed by atoms with Crippen molar-refractivity contribution in [2.24, 2.45) is 5.73 Å². The monoisotopic (exact) mass is 234 g/mol. The molecule has 0 aromatic carbocycles. The maximum atomic E-state index is 11.4. The lowest BCUT2D eigenvalue weighted by molar-refractivity contribution is -0.118. The second-order valence-corrected chi connectivity index (χ2v) is 3.61. The number of carbonyl (C=O) groups is 2. The van der Waals surface area contributed by atoms with Crippen LogP contribution in [0.3, 0.4) is 0 Å². The molecule has 1 rings (SSSR count). The molecule has 0 aliphatic heterocycles. The van der Waals surface area contributed by atoms with Crippen molar-refractivity contribution in [2.75, 3.05) is 6.54 Å². The highest BCUT2D eigenvalue weighted by molar-refractivity contribution is 5.87. The number of primary amides is 1. The first-order chi connectivity index (χ1) is 8.18. The molecule has 1 heterocycles. The summed E-state index contributed by atoms with van der Waals surface area (Å²) in [4.78, 5) is 25.9. The molecule has 0 fully saturated rings. The van der Waals surface area contributed by atoms with E-state index in [1.165, 1.54) is 6.42 Å². The summed E-state index contributed by atoms with van der Waals surface area (Å²) in [6.07, 6.45) is 4.86. The molecule has 0 aliphatic rings. The molecular weight excluding hydrogens is 218 g/mol. The zero-order valence-electron chi connectivity index (χ0n) is 9.56. The van der Waals surface area contributed by atoms with Gasteiger partial charge in [0.25, 0.3) is 0 Å². The van der Waals surface area contributed by atoms with E-state index < -0.39 is 0 Å². The number of amides is 2. The Kier molecular flexibility index (Phi) is 5.71. The van der Waals surface area contributed by atoms with Gasteiger partial charge in [0.15, 0.2) is 0 Å². The lowest BCUT2D eigenvalue weighted by Crippen LogP contribution is -2.25. The van der Waals surface area contributed by atoms with Crippen LogP contribution in [0.2, 0.25) is 0 Å². The molecule has 2 amide bonds. The maximum Gasteiger partial charge on any atom is 0.230 e. The van der Waals surface area contributed by atoms with E-state index in [1.807, 2.05) is 6.07 Å². The summed E-state index contributed by atoms with van der Waals surface area (Å²) in [7, 11) is 0. The fourth-order valence-corrected chi connectivity index (χ4v) is 1.28. The van der Waals surface area contributed by atoms with Crippen molar-refractivity contribution in [1.82, 2.24) is 10.3 Å². The molecule has 91 valence electrons. The van der Waals surface area contributed by atoms with Gasteiger partial charge in [0.2, 0.25) is 11.8 Å². The van der Waals surface area contributed by atoms with Crippen molar-refractivity contribution in [1.29, 1.82) is 0 Å². The standard InChI is InChI=1S/C12H16N3O2/c13-11(16)6-2-4-8-15-12(17)9-10-5-1-3-7-14-10/h1,3,5,7,9H,2,4,6,8H2,(H2,13,16)(H,15,17). The number of aromatic nitrogens is 1.